The van der Waals surface area contributed by atoms with E-state index in [-0.39, 0.29) is 24.0 Å². The molecular formula is C18H37IN4O. The fourth-order valence-electron chi connectivity index (χ4n) is 3.89. The third-order valence-corrected chi connectivity index (χ3v) is 5.32. The summed E-state index contributed by atoms with van der Waals surface area (Å²) in [6.45, 7) is 8.97. The number of aliphatic hydroxyl groups is 1. The van der Waals surface area contributed by atoms with Gasteiger partial charge in [0.15, 0.2) is 5.96 Å². The van der Waals surface area contributed by atoms with E-state index in [0.717, 1.165) is 57.3 Å². The number of nitrogens with zero attached hydrogens (tertiary/aromatic N) is 2. The van der Waals surface area contributed by atoms with E-state index in [1.807, 2.05) is 0 Å². The average molecular weight is 452 g/mol. The van der Waals surface area contributed by atoms with Crippen LogP contribution in [-0.2, 0) is 0 Å². The van der Waals surface area contributed by atoms with Crippen LogP contribution >= 0.6 is 24.0 Å². The lowest BCUT2D eigenvalue weighted by Gasteiger charge is -2.35. The first-order chi connectivity index (χ1) is 11.2. The molecule has 6 heteroatoms. The first-order valence-corrected chi connectivity index (χ1v) is 9.65. The number of rotatable bonds is 7. The van der Waals surface area contributed by atoms with Crippen LogP contribution in [0.2, 0.25) is 0 Å². The van der Waals surface area contributed by atoms with Gasteiger partial charge in [-0.3, -0.25) is 9.89 Å². The summed E-state index contributed by atoms with van der Waals surface area (Å²) in [5.41, 5.74) is -0.567. The van der Waals surface area contributed by atoms with Crippen molar-refractivity contribution >= 4 is 29.9 Å². The lowest BCUT2D eigenvalue weighted by molar-refractivity contribution is 0.0574. The maximum absolute atomic E-state index is 10.4. The third kappa shape index (κ3) is 7.04. The molecule has 1 atom stereocenters. The van der Waals surface area contributed by atoms with Gasteiger partial charge in [0.2, 0.25) is 0 Å². The molecule has 2 rings (SSSR count). The molecule has 1 saturated carbocycles. The molecule has 0 aromatic heterocycles. The van der Waals surface area contributed by atoms with Crippen molar-refractivity contribution in [2.24, 2.45) is 4.99 Å². The zero-order valence-corrected chi connectivity index (χ0v) is 17.8. The van der Waals surface area contributed by atoms with Crippen LogP contribution in [0.5, 0.6) is 0 Å². The molecule has 24 heavy (non-hydrogen) atoms. The van der Waals surface area contributed by atoms with Crippen LogP contribution in [0.3, 0.4) is 0 Å². The van der Waals surface area contributed by atoms with Crippen molar-refractivity contribution in [2.45, 2.75) is 76.9 Å². The monoisotopic (exact) mass is 452 g/mol. The van der Waals surface area contributed by atoms with Crippen molar-refractivity contribution in [1.29, 1.82) is 0 Å². The molecule has 0 aromatic carbocycles. The minimum absolute atomic E-state index is 0. The fraction of sp³-hybridized carbons (Fsp3) is 0.944. The van der Waals surface area contributed by atoms with Crippen LogP contribution in [0.15, 0.2) is 4.99 Å². The van der Waals surface area contributed by atoms with Gasteiger partial charge in [-0.25, -0.2) is 0 Å². The van der Waals surface area contributed by atoms with E-state index >= 15 is 0 Å². The van der Waals surface area contributed by atoms with Gasteiger partial charge in [0.1, 0.15) is 0 Å². The van der Waals surface area contributed by atoms with E-state index < -0.39 is 5.60 Å². The maximum atomic E-state index is 10.4. The SMILES string of the molecule is CCNC(=NCC1(O)CCCC1)NCCN1CCCCC1CC.I. The Morgan fingerprint density at radius 1 is 1.17 bits per heavy atom. The normalized spacial score (nSPS) is 24.5. The molecule has 1 unspecified atom stereocenters. The summed E-state index contributed by atoms with van der Waals surface area (Å²) in [5, 5.41) is 17.2. The quantitative estimate of drug-likeness (QED) is 0.316. The van der Waals surface area contributed by atoms with E-state index in [2.05, 4.69) is 34.4 Å². The summed E-state index contributed by atoms with van der Waals surface area (Å²) in [6.07, 6.45) is 9.35. The number of halogens is 1. The van der Waals surface area contributed by atoms with Gasteiger partial charge in [0.25, 0.3) is 0 Å². The summed E-state index contributed by atoms with van der Waals surface area (Å²) < 4.78 is 0. The van der Waals surface area contributed by atoms with Crippen LogP contribution in [0.4, 0.5) is 0 Å². The molecule has 2 aliphatic rings. The number of hydrogen-bond acceptors (Lipinski definition) is 3. The topological polar surface area (TPSA) is 59.9 Å². The predicted octanol–water partition coefficient (Wildman–Crippen LogP) is 2.73. The molecule has 1 heterocycles. The average Bonchev–Trinajstić information content (AvgIpc) is 3.00. The van der Waals surface area contributed by atoms with Crippen molar-refractivity contribution in [1.82, 2.24) is 15.5 Å². The standard InChI is InChI=1S/C18H36N4O.HI/c1-3-16-9-5-8-13-22(16)14-12-20-17(19-4-2)21-15-18(23)10-6-7-11-18;/h16,23H,3-15H2,1-2H3,(H2,19,20,21);1H. The van der Waals surface area contributed by atoms with Gasteiger partial charge in [-0.1, -0.05) is 26.2 Å². The van der Waals surface area contributed by atoms with Crippen molar-refractivity contribution in [3.63, 3.8) is 0 Å². The van der Waals surface area contributed by atoms with Crippen LogP contribution in [0.1, 0.15) is 65.2 Å². The number of hydrogen-bond donors (Lipinski definition) is 3. The largest absolute Gasteiger partial charge is 0.388 e. The molecule has 142 valence electrons. The Morgan fingerprint density at radius 3 is 2.58 bits per heavy atom. The molecule has 1 aliphatic heterocycles. The Balaban J connectivity index is 0.00000288. The van der Waals surface area contributed by atoms with E-state index in [1.165, 1.54) is 32.2 Å². The van der Waals surface area contributed by atoms with E-state index in [4.69, 9.17) is 0 Å². The minimum atomic E-state index is -0.567. The van der Waals surface area contributed by atoms with Crippen molar-refractivity contribution < 1.29 is 5.11 Å². The maximum Gasteiger partial charge on any atom is 0.191 e. The number of likely N-dealkylation sites (tertiary alicyclic amines) is 1. The number of piperidine rings is 1. The molecule has 0 radical (unpaired) electrons. The molecule has 1 saturated heterocycles. The van der Waals surface area contributed by atoms with Gasteiger partial charge in [-0.15, -0.1) is 24.0 Å². The molecule has 3 N–H and O–H groups in total. The van der Waals surface area contributed by atoms with E-state index in [0.29, 0.717) is 6.54 Å². The van der Waals surface area contributed by atoms with Gasteiger partial charge in [0.05, 0.1) is 12.1 Å². The molecule has 0 bridgehead atoms. The van der Waals surface area contributed by atoms with Crippen LogP contribution in [0.25, 0.3) is 0 Å². The summed E-state index contributed by atoms with van der Waals surface area (Å²) in [5.74, 6) is 0.845. The lowest BCUT2D eigenvalue weighted by atomic mass is 10.0. The summed E-state index contributed by atoms with van der Waals surface area (Å²) in [7, 11) is 0. The summed E-state index contributed by atoms with van der Waals surface area (Å²) in [6, 6.07) is 0.754. The number of guanidine groups is 1. The smallest absolute Gasteiger partial charge is 0.191 e. The van der Waals surface area contributed by atoms with Gasteiger partial charge in [0, 0.05) is 25.7 Å². The lowest BCUT2D eigenvalue weighted by Crippen LogP contribution is -2.46. The second kappa shape index (κ2) is 11.5. The van der Waals surface area contributed by atoms with Gasteiger partial charge >= 0.3 is 0 Å². The summed E-state index contributed by atoms with van der Waals surface area (Å²) in [4.78, 5) is 7.23. The van der Waals surface area contributed by atoms with Gasteiger partial charge in [-0.2, -0.15) is 0 Å². The zero-order chi connectivity index (χ0) is 16.5. The highest BCUT2D eigenvalue weighted by Crippen LogP contribution is 2.29. The van der Waals surface area contributed by atoms with Crippen molar-refractivity contribution in [3.05, 3.63) is 0 Å². The van der Waals surface area contributed by atoms with E-state index in [9.17, 15) is 5.11 Å². The summed E-state index contributed by atoms with van der Waals surface area (Å²) >= 11 is 0. The molecule has 2 fully saturated rings. The molecular weight excluding hydrogens is 415 g/mol. The predicted molar refractivity (Wildman–Crippen MR) is 112 cm³/mol. The zero-order valence-electron chi connectivity index (χ0n) is 15.5. The first-order valence-electron chi connectivity index (χ1n) is 9.65. The fourth-order valence-corrected chi connectivity index (χ4v) is 3.89. The molecule has 1 aliphatic carbocycles. The van der Waals surface area contributed by atoms with Crippen LogP contribution in [-0.4, -0.2) is 60.3 Å². The highest BCUT2D eigenvalue weighted by atomic mass is 127. The van der Waals surface area contributed by atoms with Crippen molar-refractivity contribution in [3.8, 4) is 0 Å². The van der Waals surface area contributed by atoms with Crippen LogP contribution < -0.4 is 10.6 Å². The molecule has 0 spiro atoms. The second-order valence-electron chi connectivity index (χ2n) is 7.15. The molecule has 5 nitrogen and oxygen atoms in total. The number of aliphatic imine (C=N–C) groups is 1. The third-order valence-electron chi connectivity index (χ3n) is 5.32. The molecule has 0 amide bonds. The number of nitrogens with one attached hydrogen (secondary N) is 2. The van der Waals surface area contributed by atoms with Gasteiger partial charge < -0.3 is 15.7 Å². The minimum Gasteiger partial charge on any atom is -0.388 e. The molecule has 0 aromatic rings. The Labute approximate surface area is 165 Å². The Bertz CT molecular complexity index is 372. The second-order valence-corrected chi connectivity index (χ2v) is 7.15. The van der Waals surface area contributed by atoms with Crippen molar-refractivity contribution in [2.75, 3.05) is 32.7 Å². The highest BCUT2D eigenvalue weighted by Gasteiger charge is 2.30. The Hall–Kier alpha value is -0.0800. The van der Waals surface area contributed by atoms with Crippen LogP contribution in [0, 0.1) is 0 Å². The Morgan fingerprint density at radius 2 is 1.92 bits per heavy atom. The first kappa shape index (κ1) is 22.0. The highest BCUT2D eigenvalue weighted by molar-refractivity contribution is 14.0. The van der Waals surface area contributed by atoms with E-state index in [1.54, 1.807) is 0 Å². The van der Waals surface area contributed by atoms with Gasteiger partial charge in [-0.05, 0) is 45.6 Å². The Kier molecular flexibility index (Phi) is 10.5.